The van der Waals surface area contributed by atoms with Crippen LogP contribution in [0.4, 0.5) is 10.5 Å². The molecule has 0 aliphatic rings. The summed E-state index contributed by atoms with van der Waals surface area (Å²) in [6.45, 7) is 1.84. The molecule has 3 N–H and O–H groups in total. The van der Waals surface area contributed by atoms with Crippen molar-refractivity contribution in [2.24, 2.45) is 0 Å². The Balaban J connectivity index is 2.69. The number of ether oxygens (including phenoxy) is 1. The first-order valence-corrected chi connectivity index (χ1v) is 6.34. The summed E-state index contributed by atoms with van der Waals surface area (Å²) >= 11 is 5.95. The number of rotatable bonds is 5. The Morgan fingerprint density at radius 1 is 1.38 bits per heavy atom. The molecular weight excluding hydrogens is 300 g/mol. The van der Waals surface area contributed by atoms with Gasteiger partial charge in [0, 0.05) is 0 Å². The fourth-order valence-electron chi connectivity index (χ4n) is 1.49. The molecule has 0 fully saturated rings. The quantitative estimate of drug-likeness (QED) is 0.719. The van der Waals surface area contributed by atoms with Crippen LogP contribution in [0.15, 0.2) is 18.2 Å². The van der Waals surface area contributed by atoms with Crippen LogP contribution in [0.3, 0.4) is 0 Å². The van der Waals surface area contributed by atoms with Gasteiger partial charge in [-0.2, -0.15) is 0 Å². The number of carboxylic acid groups (broad SMARTS) is 1. The Kier molecular flexibility index (Phi) is 5.98. The normalized spacial score (nSPS) is 11.4. The fourth-order valence-corrected chi connectivity index (χ4v) is 1.77. The second kappa shape index (κ2) is 7.49. The number of halogens is 1. The van der Waals surface area contributed by atoms with Gasteiger partial charge in [0.2, 0.25) is 0 Å². The molecule has 0 spiro atoms. The molecule has 114 valence electrons. The first-order valence-electron chi connectivity index (χ1n) is 5.96. The van der Waals surface area contributed by atoms with Gasteiger partial charge in [-0.15, -0.1) is 0 Å². The van der Waals surface area contributed by atoms with Crippen molar-refractivity contribution < 1.29 is 24.2 Å². The van der Waals surface area contributed by atoms with Gasteiger partial charge in [0.25, 0.3) is 0 Å². The van der Waals surface area contributed by atoms with E-state index in [9.17, 15) is 14.4 Å². The molecule has 2 amide bonds. The predicted octanol–water partition coefficient (Wildman–Crippen LogP) is 1.79. The molecule has 0 heterocycles. The van der Waals surface area contributed by atoms with E-state index in [1.807, 2.05) is 6.92 Å². The maximum Gasteiger partial charge on any atom is 0.326 e. The molecule has 1 aromatic rings. The zero-order chi connectivity index (χ0) is 16.0. The molecule has 0 saturated heterocycles. The first kappa shape index (κ1) is 16.8. The zero-order valence-corrected chi connectivity index (χ0v) is 12.2. The Hall–Kier alpha value is -2.28. The smallest absolute Gasteiger partial charge is 0.326 e. The van der Waals surface area contributed by atoms with E-state index in [2.05, 4.69) is 15.4 Å². The van der Waals surface area contributed by atoms with Crippen molar-refractivity contribution in [3.05, 3.63) is 28.8 Å². The molecule has 0 saturated carbocycles. The van der Waals surface area contributed by atoms with Crippen LogP contribution in [-0.2, 0) is 14.3 Å². The van der Waals surface area contributed by atoms with Crippen molar-refractivity contribution in [3.8, 4) is 0 Å². The van der Waals surface area contributed by atoms with Gasteiger partial charge in [-0.1, -0.05) is 17.7 Å². The highest BCUT2D eigenvalue weighted by Gasteiger charge is 2.23. The summed E-state index contributed by atoms with van der Waals surface area (Å²) in [7, 11) is 1.13. The monoisotopic (exact) mass is 314 g/mol. The zero-order valence-electron chi connectivity index (χ0n) is 11.5. The molecule has 0 aliphatic heterocycles. The molecule has 0 bridgehead atoms. The summed E-state index contributed by atoms with van der Waals surface area (Å²) in [6, 6.07) is 2.82. The van der Waals surface area contributed by atoms with Gasteiger partial charge < -0.3 is 20.5 Å². The standard InChI is InChI=1S/C13H15ClN2O5/c1-7-3-4-9(8(14)5-7)15-13(20)16-10(12(18)19)6-11(17)21-2/h3-5,10H,6H2,1-2H3,(H,18,19)(H2,15,16,20)/t10-/m0/s1. The van der Waals surface area contributed by atoms with Crippen LogP contribution in [0.25, 0.3) is 0 Å². The number of anilines is 1. The van der Waals surface area contributed by atoms with E-state index in [1.165, 1.54) is 0 Å². The maximum atomic E-state index is 11.7. The van der Waals surface area contributed by atoms with Gasteiger partial charge in [-0.3, -0.25) is 4.79 Å². The average Bonchev–Trinajstić information content (AvgIpc) is 2.40. The van der Waals surface area contributed by atoms with Gasteiger partial charge in [-0.25, -0.2) is 9.59 Å². The van der Waals surface area contributed by atoms with E-state index >= 15 is 0 Å². The molecule has 8 heteroatoms. The molecule has 0 aromatic heterocycles. The van der Waals surface area contributed by atoms with Gasteiger partial charge in [0.05, 0.1) is 24.2 Å². The van der Waals surface area contributed by atoms with Crippen LogP contribution in [0, 0.1) is 6.92 Å². The number of amides is 2. The number of hydrogen-bond donors (Lipinski definition) is 3. The van der Waals surface area contributed by atoms with Crippen molar-refractivity contribution in [2.45, 2.75) is 19.4 Å². The number of carbonyl (C=O) groups is 3. The van der Waals surface area contributed by atoms with Gasteiger partial charge in [-0.05, 0) is 24.6 Å². The number of methoxy groups -OCH3 is 1. The largest absolute Gasteiger partial charge is 0.480 e. The number of esters is 1. The fraction of sp³-hybridized carbons (Fsp3) is 0.308. The highest BCUT2D eigenvalue weighted by molar-refractivity contribution is 6.33. The minimum atomic E-state index is -1.39. The summed E-state index contributed by atoms with van der Waals surface area (Å²) < 4.78 is 4.37. The summed E-state index contributed by atoms with van der Waals surface area (Å²) in [6.07, 6.45) is -0.471. The van der Waals surface area contributed by atoms with Crippen LogP contribution in [0.2, 0.25) is 5.02 Å². The first-order chi connectivity index (χ1) is 9.83. The van der Waals surface area contributed by atoms with E-state index in [-0.39, 0.29) is 0 Å². The SMILES string of the molecule is COC(=O)C[C@H](NC(=O)Nc1ccc(C)cc1Cl)C(=O)O. The molecule has 1 atom stereocenters. The highest BCUT2D eigenvalue weighted by atomic mass is 35.5. The maximum absolute atomic E-state index is 11.7. The van der Waals surface area contributed by atoms with Crippen molar-refractivity contribution in [3.63, 3.8) is 0 Å². The van der Waals surface area contributed by atoms with Gasteiger partial charge >= 0.3 is 18.0 Å². The number of carboxylic acids is 1. The number of nitrogens with one attached hydrogen (secondary N) is 2. The van der Waals surface area contributed by atoms with Gasteiger partial charge in [0.15, 0.2) is 0 Å². The van der Waals surface area contributed by atoms with E-state index in [0.29, 0.717) is 10.7 Å². The van der Waals surface area contributed by atoms with Crippen molar-refractivity contribution in [1.82, 2.24) is 5.32 Å². The van der Waals surface area contributed by atoms with E-state index in [4.69, 9.17) is 16.7 Å². The number of aryl methyl sites for hydroxylation is 1. The molecule has 1 rings (SSSR count). The number of hydrogen-bond acceptors (Lipinski definition) is 4. The third-order valence-electron chi connectivity index (χ3n) is 2.57. The lowest BCUT2D eigenvalue weighted by Crippen LogP contribution is -2.44. The molecule has 1 aromatic carbocycles. The molecule has 21 heavy (non-hydrogen) atoms. The van der Waals surface area contributed by atoms with Crippen molar-refractivity contribution >= 4 is 35.3 Å². The lowest BCUT2D eigenvalue weighted by atomic mass is 10.2. The van der Waals surface area contributed by atoms with E-state index in [0.717, 1.165) is 12.7 Å². The predicted molar refractivity (Wildman–Crippen MR) is 76.4 cm³/mol. The summed E-state index contributed by atoms with van der Waals surface area (Å²) in [5, 5.41) is 13.9. The Bertz CT molecular complexity index is 561. The number of urea groups is 1. The van der Waals surface area contributed by atoms with E-state index in [1.54, 1.807) is 18.2 Å². The summed E-state index contributed by atoms with van der Waals surface area (Å²) in [4.78, 5) is 33.8. The molecular formula is C13H15ClN2O5. The third kappa shape index (κ3) is 5.31. The topological polar surface area (TPSA) is 105 Å². The molecule has 0 aliphatic carbocycles. The lowest BCUT2D eigenvalue weighted by Gasteiger charge is -2.14. The number of benzene rings is 1. The molecule has 7 nitrogen and oxygen atoms in total. The van der Waals surface area contributed by atoms with Gasteiger partial charge in [0.1, 0.15) is 6.04 Å². The summed E-state index contributed by atoms with van der Waals surface area (Å²) in [5.41, 5.74) is 1.25. The van der Waals surface area contributed by atoms with Crippen molar-refractivity contribution in [1.29, 1.82) is 0 Å². The second-order valence-electron chi connectivity index (χ2n) is 4.25. The van der Waals surface area contributed by atoms with Crippen LogP contribution >= 0.6 is 11.6 Å². The average molecular weight is 315 g/mol. The van der Waals surface area contributed by atoms with Crippen LogP contribution in [-0.4, -0.2) is 36.2 Å². The number of carbonyl (C=O) groups excluding carboxylic acids is 2. The Morgan fingerprint density at radius 3 is 2.57 bits per heavy atom. The van der Waals surface area contributed by atoms with Crippen molar-refractivity contribution in [2.75, 3.05) is 12.4 Å². The van der Waals surface area contributed by atoms with Crippen LogP contribution in [0.1, 0.15) is 12.0 Å². The van der Waals surface area contributed by atoms with Crippen LogP contribution < -0.4 is 10.6 Å². The summed E-state index contributed by atoms with van der Waals surface area (Å²) in [5.74, 6) is -2.08. The van der Waals surface area contributed by atoms with E-state index < -0.39 is 30.4 Å². The Morgan fingerprint density at radius 2 is 2.05 bits per heavy atom. The van der Waals surface area contributed by atoms with Crippen LogP contribution in [0.5, 0.6) is 0 Å². The lowest BCUT2D eigenvalue weighted by molar-refractivity contribution is -0.147. The second-order valence-corrected chi connectivity index (χ2v) is 4.66. The number of aliphatic carboxylic acids is 1. The third-order valence-corrected chi connectivity index (χ3v) is 2.89. The Labute approximate surface area is 126 Å². The minimum absolute atomic E-state index is 0.324. The molecule has 0 unspecified atom stereocenters. The highest BCUT2D eigenvalue weighted by Crippen LogP contribution is 2.22. The molecule has 0 radical (unpaired) electrons. The minimum Gasteiger partial charge on any atom is -0.480 e.